The van der Waals surface area contributed by atoms with Gasteiger partial charge in [-0.3, -0.25) is 0 Å². The molecule has 0 aromatic carbocycles. The largest absolute Gasteiger partial charge is 0.314 e. The highest BCUT2D eigenvalue weighted by Gasteiger charge is 2.22. The SMILES string of the molecule is CCNC(C)CCN1CCN(C)C(CC)C1. The third kappa shape index (κ3) is 4.40. The average molecular weight is 227 g/mol. The minimum atomic E-state index is 0.657. The fourth-order valence-corrected chi connectivity index (χ4v) is 2.48. The van der Waals surface area contributed by atoms with Crippen molar-refractivity contribution in [1.82, 2.24) is 15.1 Å². The Bertz CT molecular complexity index is 184. The van der Waals surface area contributed by atoms with Gasteiger partial charge in [0.1, 0.15) is 0 Å². The van der Waals surface area contributed by atoms with Gasteiger partial charge in [-0.2, -0.15) is 0 Å². The molecule has 3 heteroatoms. The van der Waals surface area contributed by atoms with E-state index in [0.29, 0.717) is 6.04 Å². The normalized spacial score (nSPS) is 25.9. The summed E-state index contributed by atoms with van der Waals surface area (Å²) in [7, 11) is 2.26. The molecular formula is C13H29N3. The van der Waals surface area contributed by atoms with Crippen molar-refractivity contribution < 1.29 is 0 Å². The molecule has 1 fully saturated rings. The predicted molar refractivity (Wildman–Crippen MR) is 70.9 cm³/mol. The fourth-order valence-electron chi connectivity index (χ4n) is 2.48. The van der Waals surface area contributed by atoms with E-state index in [9.17, 15) is 0 Å². The fraction of sp³-hybridized carbons (Fsp3) is 1.00. The maximum absolute atomic E-state index is 3.48. The van der Waals surface area contributed by atoms with Gasteiger partial charge in [0.2, 0.25) is 0 Å². The molecule has 0 aliphatic carbocycles. The van der Waals surface area contributed by atoms with E-state index < -0.39 is 0 Å². The topological polar surface area (TPSA) is 18.5 Å². The molecule has 0 amide bonds. The highest BCUT2D eigenvalue weighted by Crippen LogP contribution is 2.11. The third-order valence-corrected chi connectivity index (χ3v) is 3.76. The lowest BCUT2D eigenvalue weighted by Gasteiger charge is -2.39. The minimum absolute atomic E-state index is 0.657. The Hall–Kier alpha value is -0.120. The summed E-state index contributed by atoms with van der Waals surface area (Å²) in [5, 5.41) is 3.48. The lowest BCUT2D eigenvalue weighted by Crippen LogP contribution is -2.51. The van der Waals surface area contributed by atoms with E-state index in [1.54, 1.807) is 0 Å². The second-order valence-electron chi connectivity index (χ2n) is 5.09. The lowest BCUT2D eigenvalue weighted by molar-refractivity contribution is 0.0907. The van der Waals surface area contributed by atoms with Gasteiger partial charge in [-0.25, -0.2) is 0 Å². The van der Waals surface area contributed by atoms with Gasteiger partial charge >= 0.3 is 0 Å². The Kier molecular flexibility index (Phi) is 6.32. The predicted octanol–water partition coefficient (Wildman–Crippen LogP) is 1.40. The van der Waals surface area contributed by atoms with E-state index in [4.69, 9.17) is 0 Å². The first-order chi connectivity index (χ1) is 7.67. The number of likely N-dealkylation sites (N-methyl/N-ethyl adjacent to an activating group) is 1. The van der Waals surface area contributed by atoms with Crippen LogP contribution in [0.25, 0.3) is 0 Å². The molecule has 0 spiro atoms. The number of hydrogen-bond acceptors (Lipinski definition) is 3. The standard InChI is InChI=1S/C13H29N3/c1-5-13-11-16(10-9-15(13)4)8-7-12(3)14-6-2/h12-14H,5-11H2,1-4H3. The molecule has 1 heterocycles. The van der Waals surface area contributed by atoms with Gasteiger partial charge in [-0.15, -0.1) is 0 Å². The number of nitrogens with zero attached hydrogens (tertiary/aromatic N) is 2. The van der Waals surface area contributed by atoms with E-state index >= 15 is 0 Å². The van der Waals surface area contributed by atoms with Gasteiger partial charge < -0.3 is 15.1 Å². The first-order valence-corrected chi connectivity index (χ1v) is 6.83. The van der Waals surface area contributed by atoms with Crippen LogP contribution in [0.15, 0.2) is 0 Å². The molecule has 0 bridgehead atoms. The van der Waals surface area contributed by atoms with Crippen LogP contribution in [-0.4, -0.2) is 61.7 Å². The van der Waals surface area contributed by atoms with Crippen LogP contribution in [0.2, 0.25) is 0 Å². The summed E-state index contributed by atoms with van der Waals surface area (Å²) in [6.07, 6.45) is 2.55. The zero-order valence-electron chi connectivity index (χ0n) is 11.5. The van der Waals surface area contributed by atoms with Crippen molar-refractivity contribution >= 4 is 0 Å². The molecule has 3 nitrogen and oxygen atoms in total. The van der Waals surface area contributed by atoms with Crippen LogP contribution in [0.3, 0.4) is 0 Å². The molecule has 0 aromatic heterocycles. The lowest BCUT2D eigenvalue weighted by atomic mass is 10.1. The van der Waals surface area contributed by atoms with Crippen LogP contribution in [0.4, 0.5) is 0 Å². The molecule has 1 aliphatic heterocycles. The molecule has 2 atom stereocenters. The summed E-state index contributed by atoms with van der Waals surface area (Å²) in [5.41, 5.74) is 0. The van der Waals surface area contributed by atoms with Gasteiger partial charge in [0.15, 0.2) is 0 Å². The molecule has 96 valence electrons. The summed E-state index contributed by atoms with van der Waals surface area (Å²) in [6.45, 7) is 12.8. The van der Waals surface area contributed by atoms with Crippen molar-refractivity contribution in [2.24, 2.45) is 0 Å². The molecule has 1 rings (SSSR count). The monoisotopic (exact) mass is 227 g/mol. The van der Waals surface area contributed by atoms with E-state index in [-0.39, 0.29) is 0 Å². The molecule has 1 N–H and O–H groups in total. The summed E-state index contributed by atoms with van der Waals surface area (Å²) in [6, 6.07) is 1.42. The van der Waals surface area contributed by atoms with E-state index in [2.05, 4.69) is 42.9 Å². The van der Waals surface area contributed by atoms with Gasteiger partial charge in [-0.1, -0.05) is 13.8 Å². The van der Waals surface area contributed by atoms with Crippen LogP contribution in [0.1, 0.15) is 33.6 Å². The maximum Gasteiger partial charge on any atom is 0.0218 e. The molecule has 1 saturated heterocycles. The van der Waals surface area contributed by atoms with Crippen LogP contribution in [0.5, 0.6) is 0 Å². The van der Waals surface area contributed by atoms with Crippen molar-refractivity contribution in [2.75, 3.05) is 39.8 Å². The van der Waals surface area contributed by atoms with E-state index in [1.165, 1.54) is 39.0 Å². The van der Waals surface area contributed by atoms with Gasteiger partial charge in [0.25, 0.3) is 0 Å². The van der Waals surface area contributed by atoms with E-state index in [1.807, 2.05) is 0 Å². The van der Waals surface area contributed by atoms with Crippen LogP contribution in [-0.2, 0) is 0 Å². The highest BCUT2D eigenvalue weighted by molar-refractivity contribution is 4.79. The number of hydrogen-bond donors (Lipinski definition) is 1. The number of nitrogens with one attached hydrogen (secondary N) is 1. The third-order valence-electron chi connectivity index (χ3n) is 3.76. The van der Waals surface area contributed by atoms with Crippen LogP contribution < -0.4 is 5.32 Å². The highest BCUT2D eigenvalue weighted by atomic mass is 15.3. The Morgan fingerprint density at radius 2 is 2.06 bits per heavy atom. The summed E-state index contributed by atoms with van der Waals surface area (Å²) in [5.74, 6) is 0. The molecule has 0 radical (unpaired) electrons. The Labute approximate surface area is 101 Å². The molecular weight excluding hydrogens is 198 g/mol. The smallest absolute Gasteiger partial charge is 0.0218 e. The van der Waals surface area contributed by atoms with E-state index in [0.717, 1.165) is 12.6 Å². The molecule has 16 heavy (non-hydrogen) atoms. The Morgan fingerprint density at radius 1 is 1.31 bits per heavy atom. The van der Waals surface area contributed by atoms with Crippen molar-refractivity contribution in [3.8, 4) is 0 Å². The van der Waals surface area contributed by atoms with Crippen molar-refractivity contribution in [2.45, 2.75) is 45.7 Å². The minimum Gasteiger partial charge on any atom is -0.314 e. The van der Waals surface area contributed by atoms with Gasteiger partial charge in [-0.05, 0) is 39.9 Å². The first-order valence-electron chi connectivity index (χ1n) is 6.83. The van der Waals surface area contributed by atoms with Crippen LogP contribution >= 0.6 is 0 Å². The summed E-state index contributed by atoms with van der Waals surface area (Å²) < 4.78 is 0. The zero-order valence-corrected chi connectivity index (χ0v) is 11.5. The molecule has 0 aromatic rings. The Morgan fingerprint density at radius 3 is 2.69 bits per heavy atom. The zero-order chi connectivity index (χ0) is 12.0. The first kappa shape index (κ1) is 13.9. The summed E-state index contributed by atoms with van der Waals surface area (Å²) in [4.78, 5) is 5.13. The number of piperazine rings is 1. The van der Waals surface area contributed by atoms with Gasteiger partial charge in [0, 0.05) is 31.7 Å². The quantitative estimate of drug-likeness (QED) is 0.740. The number of rotatable bonds is 6. The second-order valence-corrected chi connectivity index (χ2v) is 5.09. The maximum atomic E-state index is 3.48. The van der Waals surface area contributed by atoms with Crippen molar-refractivity contribution in [3.05, 3.63) is 0 Å². The molecule has 0 saturated carbocycles. The Balaban J connectivity index is 2.22. The average Bonchev–Trinajstić information content (AvgIpc) is 2.28. The van der Waals surface area contributed by atoms with Crippen LogP contribution in [0, 0.1) is 0 Å². The molecule has 1 aliphatic rings. The van der Waals surface area contributed by atoms with Crippen molar-refractivity contribution in [3.63, 3.8) is 0 Å². The summed E-state index contributed by atoms with van der Waals surface area (Å²) >= 11 is 0. The van der Waals surface area contributed by atoms with Gasteiger partial charge in [0.05, 0.1) is 0 Å². The van der Waals surface area contributed by atoms with Crippen molar-refractivity contribution in [1.29, 1.82) is 0 Å². The molecule has 2 unspecified atom stereocenters. The second kappa shape index (κ2) is 7.25.